The van der Waals surface area contributed by atoms with Crippen LogP contribution in [0.25, 0.3) is 0 Å². The van der Waals surface area contributed by atoms with Gasteiger partial charge < -0.3 is 9.72 Å². The molecule has 0 aliphatic heterocycles. The van der Waals surface area contributed by atoms with Crippen LogP contribution in [0.5, 0.6) is 0 Å². The third-order valence-corrected chi connectivity index (χ3v) is 4.69. The van der Waals surface area contributed by atoms with Crippen molar-refractivity contribution in [3.8, 4) is 0 Å². The lowest BCUT2D eigenvalue weighted by atomic mass is 10.1. The van der Waals surface area contributed by atoms with E-state index in [2.05, 4.69) is 9.71 Å². The number of carbonyl (C=O) groups is 1. The van der Waals surface area contributed by atoms with Crippen LogP contribution >= 0.6 is 0 Å². The molecule has 1 aromatic carbocycles. The van der Waals surface area contributed by atoms with E-state index in [1.807, 2.05) is 0 Å². The Labute approximate surface area is 158 Å². The van der Waals surface area contributed by atoms with Gasteiger partial charge in [-0.3, -0.25) is 14.3 Å². The molecule has 0 aliphatic carbocycles. The van der Waals surface area contributed by atoms with E-state index in [1.165, 1.54) is 0 Å². The van der Waals surface area contributed by atoms with E-state index in [4.69, 9.17) is 4.74 Å². The average Bonchev–Trinajstić information content (AvgIpc) is 2.49. The second-order valence-corrected chi connectivity index (χ2v) is 9.01. The summed E-state index contributed by atoms with van der Waals surface area (Å²) in [6, 6.07) is 10.2. The van der Waals surface area contributed by atoms with Gasteiger partial charge in [0.1, 0.15) is 11.3 Å². The molecule has 146 valence electrons. The smallest absolute Gasteiger partial charge is 0.310 e. The first-order valence-corrected chi connectivity index (χ1v) is 10.1. The fraction of sp³-hybridized carbons (Fsp3) is 0.368. The maximum atomic E-state index is 12.5. The third kappa shape index (κ3) is 6.56. The highest BCUT2D eigenvalue weighted by molar-refractivity contribution is 7.91. The highest BCUT2D eigenvalue weighted by atomic mass is 32.2. The molecule has 2 rings (SSSR count). The number of sulfonamides is 1. The molecule has 7 nitrogen and oxygen atoms in total. The molecule has 1 aromatic heterocycles. The van der Waals surface area contributed by atoms with Gasteiger partial charge in [-0.2, -0.15) is 0 Å². The van der Waals surface area contributed by atoms with Gasteiger partial charge in [0.25, 0.3) is 5.56 Å². The summed E-state index contributed by atoms with van der Waals surface area (Å²) in [5.41, 5.74) is -0.0816. The molecule has 0 aliphatic rings. The number of anilines is 1. The first-order valence-electron chi connectivity index (χ1n) is 8.44. The zero-order valence-electron chi connectivity index (χ0n) is 15.8. The molecule has 27 heavy (non-hydrogen) atoms. The molecule has 0 radical (unpaired) electrons. The summed E-state index contributed by atoms with van der Waals surface area (Å²) in [6.07, 6.45) is -0.217. The van der Waals surface area contributed by atoms with Crippen LogP contribution in [-0.2, 0) is 31.7 Å². The van der Waals surface area contributed by atoms with E-state index in [1.54, 1.807) is 64.1 Å². The van der Waals surface area contributed by atoms with Crippen molar-refractivity contribution in [2.75, 3.05) is 4.72 Å². The number of benzene rings is 1. The Bertz CT molecular complexity index is 973. The summed E-state index contributed by atoms with van der Waals surface area (Å²) in [6.45, 7) is 6.86. The molecular formula is C19H24N2O5S. The highest BCUT2D eigenvalue weighted by Crippen LogP contribution is 2.18. The van der Waals surface area contributed by atoms with Crippen molar-refractivity contribution in [1.29, 1.82) is 0 Å². The van der Waals surface area contributed by atoms with Crippen LogP contribution in [0.4, 0.5) is 5.69 Å². The van der Waals surface area contributed by atoms with Crippen molar-refractivity contribution in [1.82, 2.24) is 4.98 Å². The fourth-order valence-corrected chi connectivity index (χ4v) is 3.76. The van der Waals surface area contributed by atoms with Crippen LogP contribution < -0.4 is 10.3 Å². The zero-order valence-corrected chi connectivity index (χ0v) is 16.6. The first-order chi connectivity index (χ1) is 12.5. The van der Waals surface area contributed by atoms with Gasteiger partial charge in [-0.15, -0.1) is 0 Å². The second kappa shape index (κ2) is 7.96. The Kier molecular flexibility index (Phi) is 6.10. The van der Waals surface area contributed by atoms with Crippen molar-refractivity contribution in [3.63, 3.8) is 0 Å². The van der Waals surface area contributed by atoms with Gasteiger partial charge >= 0.3 is 5.97 Å². The monoisotopic (exact) mass is 392 g/mol. The number of pyridine rings is 1. The Morgan fingerprint density at radius 3 is 2.41 bits per heavy atom. The molecule has 0 saturated heterocycles. The van der Waals surface area contributed by atoms with E-state index in [9.17, 15) is 18.0 Å². The predicted molar refractivity (Wildman–Crippen MR) is 104 cm³/mol. The SMILES string of the molecule is Cc1cc(CC(=O)OC(C)(C)C)c(NS(=O)(=O)Cc2ccccc2)c(=O)[nH]1. The average molecular weight is 392 g/mol. The van der Waals surface area contributed by atoms with Crippen LogP contribution in [0.2, 0.25) is 0 Å². The molecule has 0 saturated carbocycles. The van der Waals surface area contributed by atoms with Gasteiger partial charge in [-0.25, -0.2) is 8.42 Å². The molecule has 0 unspecified atom stereocenters. The number of H-pyrrole nitrogens is 1. The Morgan fingerprint density at radius 1 is 1.19 bits per heavy atom. The maximum absolute atomic E-state index is 12.5. The minimum absolute atomic E-state index is 0.164. The third-order valence-electron chi connectivity index (χ3n) is 3.46. The van der Waals surface area contributed by atoms with Crippen molar-refractivity contribution in [2.45, 2.75) is 45.5 Å². The predicted octanol–water partition coefficient (Wildman–Crippen LogP) is 2.51. The number of rotatable bonds is 6. The van der Waals surface area contributed by atoms with Gasteiger partial charge in [0.15, 0.2) is 0 Å². The normalized spacial score (nSPS) is 11.9. The Balaban J connectivity index is 2.30. The lowest BCUT2D eigenvalue weighted by Gasteiger charge is -2.20. The summed E-state index contributed by atoms with van der Waals surface area (Å²) in [4.78, 5) is 27.0. The van der Waals surface area contributed by atoms with E-state index >= 15 is 0 Å². The van der Waals surface area contributed by atoms with E-state index in [-0.39, 0.29) is 23.4 Å². The summed E-state index contributed by atoms with van der Waals surface area (Å²) in [7, 11) is -3.84. The molecule has 8 heteroatoms. The molecule has 2 aromatic rings. The molecule has 0 atom stereocenters. The molecule has 2 N–H and O–H groups in total. The number of hydrogen-bond donors (Lipinski definition) is 2. The van der Waals surface area contributed by atoms with Gasteiger partial charge in [0, 0.05) is 5.69 Å². The summed E-state index contributed by atoms with van der Waals surface area (Å²) in [5, 5.41) is 0. The molecular weight excluding hydrogens is 368 g/mol. The minimum Gasteiger partial charge on any atom is -0.460 e. The maximum Gasteiger partial charge on any atom is 0.310 e. The number of aromatic nitrogens is 1. The largest absolute Gasteiger partial charge is 0.460 e. The van der Waals surface area contributed by atoms with Crippen LogP contribution in [0, 0.1) is 6.92 Å². The van der Waals surface area contributed by atoms with E-state index in [0.29, 0.717) is 11.3 Å². The van der Waals surface area contributed by atoms with Crippen LogP contribution in [0.1, 0.15) is 37.6 Å². The first kappa shape index (κ1) is 20.7. The number of hydrogen-bond acceptors (Lipinski definition) is 5. The highest BCUT2D eigenvalue weighted by Gasteiger charge is 2.22. The van der Waals surface area contributed by atoms with E-state index < -0.39 is 27.2 Å². The van der Waals surface area contributed by atoms with Crippen LogP contribution in [-0.4, -0.2) is 25.0 Å². The number of aryl methyl sites for hydroxylation is 1. The van der Waals surface area contributed by atoms with E-state index in [0.717, 1.165) is 0 Å². The number of ether oxygens (including phenoxy) is 1. The second-order valence-electron chi connectivity index (χ2n) is 7.29. The quantitative estimate of drug-likeness (QED) is 0.735. The van der Waals surface area contributed by atoms with Crippen molar-refractivity contribution in [2.24, 2.45) is 0 Å². The number of carbonyl (C=O) groups excluding carboxylic acids is 1. The molecule has 1 heterocycles. The minimum atomic E-state index is -3.84. The van der Waals surface area contributed by atoms with Gasteiger partial charge in [-0.05, 0) is 44.9 Å². The van der Waals surface area contributed by atoms with Crippen molar-refractivity contribution < 1.29 is 17.9 Å². The molecule has 0 spiro atoms. The van der Waals surface area contributed by atoms with Crippen molar-refractivity contribution in [3.05, 3.63) is 63.6 Å². The Morgan fingerprint density at radius 2 is 1.81 bits per heavy atom. The standard InChI is InChI=1S/C19H24N2O5S/c1-13-10-15(11-16(22)26-19(2,3)4)17(18(23)20-13)21-27(24,25)12-14-8-6-5-7-9-14/h5-10,21H,11-12H2,1-4H3,(H,20,23). The fourth-order valence-electron chi connectivity index (χ4n) is 2.53. The molecule has 0 bridgehead atoms. The van der Waals surface area contributed by atoms with Crippen molar-refractivity contribution >= 4 is 21.7 Å². The van der Waals surface area contributed by atoms with Gasteiger partial charge in [0.05, 0.1) is 12.2 Å². The van der Waals surface area contributed by atoms with Gasteiger partial charge in [-0.1, -0.05) is 30.3 Å². The summed E-state index contributed by atoms with van der Waals surface area (Å²) in [5.74, 6) is -0.830. The Hall–Kier alpha value is -2.61. The van der Waals surface area contributed by atoms with Crippen LogP contribution in [0.3, 0.4) is 0 Å². The lowest BCUT2D eigenvalue weighted by Crippen LogP contribution is -2.27. The summed E-state index contributed by atoms with van der Waals surface area (Å²) >= 11 is 0. The lowest BCUT2D eigenvalue weighted by molar-refractivity contribution is -0.153. The van der Waals surface area contributed by atoms with Crippen LogP contribution in [0.15, 0.2) is 41.2 Å². The summed E-state index contributed by atoms with van der Waals surface area (Å²) < 4.78 is 32.6. The molecule has 0 fully saturated rings. The molecule has 0 amide bonds. The number of aromatic amines is 1. The topological polar surface area (TPSA) is 105 Å². The number of nitrogens with one attached hydrogen (secondary N) is 2. The van der Waals surface area contributed by atoms with Gasteiger partial charge in [0.2, 0.25) is 10.0 Å². The number of esters is 1. The zero-order chi connectivity index (χ0) is 20.2.